The van der Waals surface area contributed by atoms with Crippen LogP contribution in [0.3, 0.4) is 0 Å². The van der Waals surface area contributed by atoms with E-state index in [9.17, 15) is 9.59 Å². The van der Waals surface area contributed by atoms with E-state index in [4.69, 9.17) is 4.74 Å². The molecular formula is C32H36FN3O3. The lowest BCUT2D eigenvalue weighted by Gasteiger charge is -2.32. The Kier molecular flexibility index (Phi) is 9.01. The summed E-state index contributed by atoms with van der Waals surface area (Å²) in [6.07, 6.45) is 3.54. The van der Waals surface area contributed by atoms with Gasteiger partial charge in [0.25, 0.3) is 0 Å². The van der Waals surface area contributed by atoms with Crippen LogP contribution in [0, 0.1) is 11.7 Å². The standard InChI is InChI=1S/C32H36FN3O3/c33-31-26(21-35-17-13-24(23-37)14-18-35)9-6-10-27(31)22-36-19-15-28(16-20-36)39-32(38)34-30-12-5-4-11-29(30)25-7-2-1-3-8-25/h1-12,23-24,28H,13-22H2,(H,34,38). The van der Waals surface area contributed by atoms with Gasteiger partial charge in [-0.25, -0.2) is 9.18 Å². The largest absolute Gasteiger partial charge is 0.446 e. The Bertz CT molecular complexity index is 1250. The SMILES string of the molecule is O=CC1CCN(Cc2cccc(CN3CCC(OC(=O)Nc4ccccc4-c4ccccc4)CC3)c2F)CC1. The lowest BCUT2D eigenvalue weighted by molar-refractivity contribution is -0.112. The summed E-state index contributed by atoms with van der Waals surface area (Å²) >= 11 is 0. The quantitative estimate of drug-likeness (QED) is 0.357. The van der Waals surface area contributed by atoms with E-state index in [1.807, 2.05) is 72.8 Å². The molecule has 2 aliphatic heterocycles. The highest BCUT2D eigenvalue weighted by molar-refractivity contribution is 5.91. The summed E-state index contributed by atoms with van der Waals surface area (Å²) in [6, 6.07) is 23.3. The zero-order valence-electron chi connectivity index (χ0n) is 22.2. The molecular weight excluding hydrogens is 493 g/mol. The molecule has 0 unspecified atom stereocenters. The summed E-state index contributed by atoms with van der Waals surface area (Å²) < 4.78 is 21.1. The molecule has 1 N–H and O–H groups in total. The van der Waals surface area contributed by atoms with Crippen LogP contribution in [-0.4, -0.2) is 54.5 Å². The molecule has 7 heteroatoms. The van der Waals surface area contributed by atoms with Gasteiger partial charge in [0.2, 0.25) is 0 Å². The minimum Gasteiger partial charge on any atom is -0.446 e. The van der Waals surface area contributed by atoms with E-state index in [0.717, 1.165) is 62.1 Å². The highest BCUT2D eigenvalue weighted by Crippen LogP contribution is 2.28. The van der Waals surface area contributed by atoms with E-state index in [2.05, 4.69) is 15.1 Å². The number of benzene rings is 3. The van der Waals surface area contributed by atoms with Gasteiger partial charge in [-0.3, -0.25) is 15.1 Å². The first kappa shape index (κ1) is 27.0. The first-order valence-corrected chi connectivity index (χ1v) is 13.9. The smallest absolute Gasteiger partial charge is 0.411 e. The second kappa shape index (κ2) is 13.0. The highest BCUT2D eigenvalue weighted by Gasteiger charge is 2.25. The first-order valence-electron chi connectivity index (χ1n) is 13.9. The number of likely N-dealkylation sites (tertiary alicyclic amines) is 2. The number of hydrogen-bond acceptors (Lipinski definition) is 5. The number of carbonyl (C=O) groups excluding carboxylic acids is 2. The molecule has 3 aromatic rings. The van der Waals surface area contributed by atoms with Crippen molar-refractivity contribution >= 4 is 18.1 Å². The van der Waals surface area contributed by atoms with Gasteiger partial charge < -0.3 is 9.53 Å². The summed E-state index contributed by atoms with van der Waals surface area (Å²) in [5.41, 5.74) is 4.10. The molecule has 0 atom stereocenters. The summed E-state index contributed by atoms with van der Waals surface area (Å²) in [6.45, 7) is 4.24. The van der Waals surface area contributed by atoms with Crippen molar-refractivity contribution in [3.05, 3.63) is 89.7 Å². The number of ether oxygens (including phenoxy) is 1. The Morgan fingerprint density at radius 3 is 2.05 bits per heavy atom. The molecule has 39 heavy (non-hydrogen) atoms. The lowest BCUT2D eigenvalue weighted by Crippen LogP contribution is -2.38. The summed E-state index contributed by atoms with van der Waals surface area (Å²) in [5, 5.41) is 2.91. The Hall–Kier alpha value is -3.55. The molecule has 2 aliphatic rings. The first-order chi connectivity index (χ1) is 19.1. The van der Waals surface area contributed by atoms with Gasteiger partial charge in [-0.1, -0.05) is 66.7 Å². The molecule has 0 spiro atoms. The third-order valence-electron chi connectivity index (χ3n) is 7.83. The molecule has 2 fully saturated rings. The Balaban J connectivity index is 1.11. The maximum Gasteiger partial charge on any atom is 0.411 e. The van der Waals surface area contributed by atoms with Gasteiger partial charge in [0.15, 0.2) is 0 Å². The molecule has 204 valence electrons. The highest BCUT2D eigenvalue weighted by atomic mass is 19.1. The maximum absolute atomic E-state index is 15.3. The van der Waals surface area contributed by atoms with Crippen LogP contribution in [0.5, 0.6) is 0 Å². The predicted octanol–water partition coefficient (Wildman–Crippen LogP) is 6.12. The van der Waals surface area contributed by atoms with Gasteiger partial charge in [0.1, 0.15) is 18.2 Å². The van der Waals surface area contributed by atoms with Crippen molar-refractivity contribution in [2.24, 2.45) is 5.92 Å². The molecule has 0 aromatic heterocycles. The number of anilines is 1. The second-order valence-corrected chi connectivity index (χ2v) is 10.6. The van der Waals surface area contributed by atoms with Crippen molar-refractivity contribution in [1.29, 1.82) is 0 Å². The fourth-order valence-corrected chi connectivity index (χ4v) is 5.54. The molecule has 0 saturated carbocycles. The Morgan fingerprint density at radius 2 is 1.41 bits per heavy atom. The summed E-state index contributed by atoms with van der Waals surface area (Å²) in [4.78, 5) is 28.2. The maximum atomic E-state index is 15.3. The van der Waals surface area contributed by atoms with Crippen LogP contribution in [0.4, 0.5) is 14.9 Å². The number of nitrogens with one attached hydrogen (secondary N) is 1. The van der Waals surface area contributed by atoms with E-state index in [-0.39, 0.29) is 17.8 Å². The van der Waals surface area contributed by atoms with Gasteiger partial charge in [0, 0.05) is 48.8 Å². The van der Waals surface area contributed by atoms with E-state index in [1.54, 1.807) is 0 Å². The predicted molar refractivity (Wildman–Crippen MR) is 151 cm³/mol. The van der Waals surface area contributed by atoms with Crippen LogP contribution in [0.15, 0.2) is 72.8 Å². The zero-order valence-corrected chi connectivity index (χ0v) is 22.2. The number of rotatable bonds is 8. The van der Waals surface area contributed by atoms with Crippen molar-refractivity contribution in [2.75, 3.05) is 31.5 Å². The molecule has 2 heterocycles. The lowest BCUT2D eigenvalue weighted by atomic mass is 9.98. The minimum absolute atomic E-state index is 0.134. The average Bonchev–Trinajstić information content (AvgIpc) is 2.97. The number of hydrogen-bond donors (Lipinski definition) is 1. The van der Waals surface area contributed by atoms with Crippen molar-refractivity contribution in [2.45, 2.75) is 44.9 Å². The van der Waals surface area contributed by atoms with Gasteiger partial charge >= 0.3 is 6.09 Å². The third kappa shape index (κ3) is 7.11. The van der Waals surface area contributed by atoms with Crippen molar-refractivity contribution in [1.82, 2.24) is 9.80 Å². The topological polar surface area (TPSA) is 61.9 Å². The fraction of sp³-hybridized carbons (Fsp3) is 0.375. The van der Waals surface area contributed by atoms with Gasteiger partial charge in [-0.2, -0.15) is 0 Å². The zero-order chi connectivity index (χ0) is 27.0. The monoisotopic (exact) mass is 529 g/mol. The third-order valence-corrected chi connectivity index (χ3v) is 7.83. The molecule has 2 saturated heterocycles. The van der Waals surface area contributed by atoms with E-state index >= 15 is 4.39 Å². The van der Waals surface area contributed by atoms with Gasteiger partial charge in [-0.15, -0.1) is 0 Å². The molecule has 5 rings (SSSR count). The molecule has 0 bridgehead atoms. The van der Waals surface area contributed by atoms with Crippen LogP contribution < -0.4 is 5.32 Å². The number of carbonyl (C=O) groups is 2. The van der Waals surface area contributed by atoms with Crippen LogP contribution >= 0.6 is 0 Å². The van der Waals surface area contributed by atoms with E-state index in [1.165, 1.54) is 0 Å². The second-order valence-electron chi connectivity index (χ2n) is 10.6. The Morgan fingerprint density at radius 1 is 0.821 bits per heavy atom. The minimum atomic E-state index is -0.451. The summed E-state index contributed by atoms with van der Waals surface area (Å²) in [5.74, 6) is 0.00496. The number of amides is 1. The number of piperidine rings is 2. The number of halogens is 1. The van der Waals surface area contributed by atoms with Crippen LogP contribution in [-0.2, 0) is 22.6 Å². The number of nitrogens with zero attached hydrogens (tertiary/aromatic N) is 2. The van der Waals surface area contributed by atoms with Gasteiger partial charge in [0.05, 0.1) is 5.69 Å². The average molecular weight is 530 g/mol. The van der Waals surface area contributed by atoms with Crippen molar-refractivity contribution < 1.29 is 18.7 Å². The Labute approximate surface area is 229 Å². The summed E-state index contributed by atoms with van der Waals surface area (Å²) in [7, 11) is 0. The fourth-order valence-electron chi connectivity index (χ4n) is 5.54. The number of aldehydes is 1. The van der Waals surface area contributed by atoms with Crippen LogP contribution in [0.25, 0.3) is 11.1 Å². The molecule has 6 nitrogen and oxygen atoms in total. The van der Waals surface area contributed by atoms with Crippen molar-refractivity contribution in [3.8, 4) is 11.1 Å². The molecule has 0 radical (unpaired) electrons. The molecule has 0 aliphatic carbocycles. The molecule has 3 aromatic carbocycles. The van der Waals surface area contributed by atoms with E-state index in [0.29, 0.717) is 37.1 Å². The van der Waals surface area contributed by atoms with Crippen LogP contribution in [0.2, 0.25) is 0 Å². The van der Waals surface area contributed by atoms with Gasteiger partial charge in [-0.05, 0) is 50.4 Å². The van der Waals surface area contributed by atoms with E-state index < -0.39 is 6.09 Å². The van der Waals surface area contributed by atoms with Crippen molar-refractivity contribution in [3.63, 3.8) is 0 Å². The van der Waals surface area contributed by atoms with Crippen LogP contribution in [0.1, 0.15) is 36.8 Å². The molecule has 1 amide bonds. The number of para-hydroxylation sites is 1. The normalized spacial score (nSPS) is 17.6.